The number of nitrogens with two attached hydrogens (primary N) is 1. The van der Waals surface area contributed by atoms with E-state index in [2.05, 4.69) is 0 Å². The van der Waals surface area contributed by atoms with Crippen LogP contribution < -0.4 is 10.6 Å². The van der Waals surface area contributed by atoms with Gasteiger partial charge >= 0.3 is 6.09 Å². The van der Waals surface area contributed by atoms with Crippen LogP contribution in [0.5, 0.6) is 0 Å². The van der Waals surface area contributed by atoms with Crippen molar-refractivity contribution in [1.82, 2.24) is 0 Å². The molecule has 0 radical (unpaired) electrons. The van der Waals surface area contributed by atoms with Crippen LogP contribution in [0.15, 0.2) is 18.2 Å². The first-order valence-electron chi connectivity index (χ1n) is 5.56. The molecule has 92 valence electrons. The zero-order valence-corrected chi connectivity index (χ0v) is 10.4. The topological polar surface area (TPSA) is 55.6 Å². The molecule has 1 fully saturated rings. The summed E-state index contributed by atoms with van der Waals surface area (Å²) in [5, 5.41) is 0.611. The zero-order valence-electron chi connectivity index (χ0n) is 9.65. The SMILES string of the molecule is Cc1ccc(Cl)cc1N1CCC(CN)OC1=O. The predicted octanol–water partition coefficient (Wildman–Crippen LogP) is 2.32. The minimum Gasteiger partial charge on any atom is -0.444 e. The summed E-state index contributed by atoms with van der Waals surface area (Å²) in [5.41, 5.74) is 7.29. The number of hydrogen-bond acceptors (Lipinski definition) is 3. The van der Waals surface area contributed by atoms with Crippen LogP contribution in [-0.2, 0) is 4.74 Å². The van der Waals surface area contributed by atoms with Gasteiger partial charge in [0.05, 0.1) is 5.69 Å². The number of halogens is 1. The fourth-order valence-corrected chi connectivity index (χ4v) is 2.05. The number of ether oxygens (including phenoxy) is 1. The summed E-state index contributed by atoms with van der Waals surface area (Å²) >= 11 is 5.94. The Labute approximate surface area is 105 Å². The number of anilines is 1. The summed E-state index contributed by atoms with van der Waals surface area (Å²) < 4.78 is 5.22. The highest BCUT2D eigenvalue weighted by molar-refractivity contribution is 6.31. The maximum atomic E-state index is 11.8. The fourth-order valence-electron chi connectivity index (χ4n) is 1.89. The minimum atomic E-state index is -0.350. The number of carbonyl (C=O) groups excluding carboxylic acids is 1. The van der Waals surface area contributed by atoms with Crippen molar-refractivity contribution in [2.45, 2.75) is 19.4 Å². The Morgan fingerprint density at radius 2 is 2.35 bits per heavy atom. The number of rotatable bonds is 2. The molecule has 0 aromatic heterocycles. The normalized spacial score (nSPS) is 20.3. The molecule has 1 aliphatic rings. The molecule has 0 bridgehead atoms. The molecule has 4 nitrogen and oxygen atoms in total. The van der Waals surface area contributed by atoms with Gasteiger partial charge in [0.2, 0.25) is 0 Å². The molecule has 1 aliphatic heterocycles. The van der Waals surface area contributed by atoms with Crippen molar-refractivity contribution < 1.29 is 9.53 Å². The molecule has 1 saturated heterocycles. The molecule has 2 N–H and O–H groups in total. The Kier molecular flexibility index (Phi) is 3.54. The van der Waals surface area contributed by atoms with Crippen molar-refractivity contribution >= 4 is 23.4 Å². The van der Waals surface area contributed by atoms with Crippen molar-refractivity contribution in [2.75, 3.05) is 18.0 Å². The Balaban J connectivity index is 2.23. The lowest BCUT2D eigenvalue weighted by atomic mass is 10.1. The number of hydrogen-bond donors (Lipinski definition) is 1. The van der Waals surface area contributed by atoms with Gasteiger partial charge in [0.15, 0.2) is 0 Å². The van der Waals surface area contributed by atoms with Gasteiger partial charge in [-0.05, 0) is 24.6 Å². The average Bonchev–Trinajstić information content (AvgIpc) is 2.32. The van der Waals surface area contributed by atoms with Gasteiger partial charge in [-0.3, -0.25) is 4.90 Å². The third-order valence-corrected chi connectivity index (χ3v) is 3.12. The second kappa shape index (κ2) is 4.94. The van der Waals surface area contributed by atoms with Gasteiger partial charge in [0.25, 0.3) is 0 Å². The summed E-state index contributed by atoms with van der Waals surface area (Å²) in [5.74, 6) is 0. The van der Waals surface area contributed by atoms with Gasteiger partial charge in [-0.25, -0.2) is 4.79 Å². The van der Waals surface area contributed by atoms with Crippen molar-refractivity contribution in [3.8, 4) is 0 Å². The summed E-state index contributed by atoms with van der Waals surface area (Å²) in [7, 11) is 0. The van der Waals surface area contributed by atoms with Crippen molar-refractivity contribution in [1.29, 1.82) is 0 Å². The van der Waals surface area contributed by atoms with E-state index in [0.717, 1.165) is 17.7 Å². The minimum absolute atomic E-state index is 0.168. The van der Waals surface area contributed by atoms with Crippen LogP contribution in [0.4, 0.5) is 10.5 Å². The fraction of sp³-hybridized carbons (Fsp3) is 0.417. The number of benzene rings is 1. The maximum absolute atomic E-state index is 11.8. The van der Waals surface area contributed by atoms with E-state index in [9.17, 15) is 4.79 Å². The lowest BCUT2D eigenvalue weighted by molar-refractivity contribution is 0.0887. The largest absolute Gasteiger partial charge is 0.444 e. The number of cyclic esters (lactones) is 1. The van der Waals surface area contributed by atoms with E-state index in [1.165, 1.54) is 0 Å². The van der Waals surface area contributed by atoms with Gasteiger partial charge in [0, 0.05) is 24.5 Å². The number of carbonyl (C=O) groups is 1. The molecular formula is C12H15ClN2O2. The van der Waals surface area contributed by atoms with Crippen LogP contribution in [-0.4, -0.2) is 25.3 Å². The van der Waals surface area contributed by atoms with E-state index < -0.39 is 0 Å². The first-order chi connectivity index (χ1) is 8.11. The number of nitrogens with zero attached hydrogens (tertiary/aromatic N) is 1. The molecule has 0 saturated carbocycles. The molecule has 0 spiro atoms. The van der Waals surface area contributed by atoms with Crippen LogP contribution in [0.1, 0.15) is 12.0 Å². The zero-order chi connectivity index (χ0) is 12.4. The molecule has 5 heteroatoms. The molecule has 1 aromatic carbocycles. The Bertz CT molecular complexity index is 437. The van der Waals surface area contributed by atoms with Crippen molar-refractivity contribution in [2.24, 2.45) is 5.73 Å². The molecule has 1 unspecified atom stereocenters. The smallest absolute Gasteiger partial charge is 0.414 e. The Hall–Kier alpha value is -1.26. The van der Waals surface area contributed by atoms with Gasteiger partial charge < -0.3 is 10.5 Å². The van der Waals surface area contributed by atoms with Crippen LogP contribution in [0.3, 0.4) is 0 Å². The average molecular weight is 255 g/mol. The van der Waals surface area contributed by atoms with Crippen molar-refractivity contribution in [3.05, 3.63) is 28.8 Å². The summed E-state index contributed by atoms with van der Waals surface area (Å²) in [4.78, 5) is 13.4. The second-order valence-corrected chi connectivity index (χ2v) is 4.55. The Morgan fingerprint density at radius 3 is 3.00 bits per heavy atom. The van der Waals surface area contributed by atoms with Gasteiger partial charge in [-0.2, -0.15) is 0 Å². The Morgan fingerprint density at radius 1 is 1.59 bits per heavy atom. The van der Waals surface area contributed by atoms with E-state index in [1.54, 1.807) is 17.0 Å². The molecule has 1 atom stereocenters. The van der Waals surface area contributed by atoms with E-state index in [0.29, 0.717) is 18.1 Å². The van der Waals surface area contributed by atoms with Gasteiger partial charge in [0.1, 0.15) is 6.10 Å². The molecule has 2 rings (SSSR count). The third kappa shape index (κ3) is 2.53. The van der Waals surface area contributed by atoms with E-state index in [4.69, 9.17) is 22.1 Å². The van der Waals surface area contributed by atoms with Crippen LogP contribution in [0, 0.1) is 6.92 Å². The van der Waals surface area contributed by atoms with Crippen LogP contribution >= 0.6 is 11.6 Å². The second-order valence-electron chi connectivity index (χ2n) is 4.11. The molecular weight excluding hydrogens is 240 g/mol. The summed E-state index contributed by atoms with van der Waals surface area (Å²) in [6.07, 6.45) is 0.226. The van der Waals surface area contributed by atoms with Gasteiger partial charge in [-0.1, -0.05) is 17.7 Å². The number of amides is 1. The highest BCUT2D eigenvalue weighted by atomic mass is 35.5. The lowest BCUT2D eigenvalue weighted by Crippen LogP contribution is -2.44. The summed E-state index contributed by atoms with van der Waals surface area (Å²) in [6, 6.07) is 5.47. The third-order valence-electron chi connectivity index (χ3n) is 2.89. The highest BCUT2D eigenvalue weighted by Gasteiger charge is 2.28. The van der Waals surface area contributed by atoms with Gasteiger partial charge in [-0.15, -0.1) is 0 Å². The van der Waals surface area contributed by atoms with E-state index >= 15 is 0 Å². The maximum Gasteiger partial charge on any atom is 0.414 e. The number of aryl methyl sites for hydroxylation is 1. The predicted molar refractivity (Wildman–Crippen MR) is 67.5 cm³/mol. The van der Waals surface area contributed by atoms with Crippen LogP contribution in [0.2, 0.25) is 5.02 Å². The monoisotopic (exact) mass is 254 g/mol. The van der Waals surface area contributed by atoms with Crippen LogP contribution in [0.25, 0.3) is 0 Å². The van der Waals surface area contributed by atoms with E-state index in [-0.39, 0.29) is 12.2 Å². The lowest BCUT2D eigenvalue weighted by Gasteiger charge is -2.32. The van der Waals surface area contributed by atoms with Crippen molar-refractivity contribution in [3.63, 3.8) is 0 Å². The standard InChI is InChI=1S/C12H15ClN2O2/c1-8-2-3-9(13)6-11(8)15-5-4-10(7-14)17-12(15)16/h2-3,6,10H,4-5,7,14H2,1H3. The molecule has 1 heterocycles. The first-order valence-corrected chi connectivity index (χ1v) is 5.94. The van der Waals surface area contributed by atoms with E-state index in [1.807, 2.05) is 13.0 Å². The molecule has 1 aromatic rings. The molecule has 0 aliphatic carbocycles. The quantitative estimate of drug-likeness (QED) is 0.881. The first kappa shape index (κ1) is 12.2. The molecule has 17 heavy (non-hydrogen) atoms. The molecule has 1 amide bonds. The summed E-state index contributed by atoms with van der Waals surface area (Å²) in [6.45, 7) is 2.92. The highest BCUT2D eigenvalue weighted by Crippen LogP contribution is 2.27.